The van der Waals surface area contributed by atoms with Gasteiger partial charge in [-0.15, -0.1) is 0 Å². The number of carbonyl (C=O) groups is 1. The summed E-state index contributed by atoms with van der Waals surface area (Å²) in [7, 11) is 0. The van der Waals surface area contributed by atoms with Crippen molar-refractivity contribution in [1.29, 1.82) is 0 Å². The van der Waals surface area contributed by atoms with Crippen LogP contribution in [0.25, 0.3) is 0 Å². The molecule has 3 heteroatoms. The second-order valence-electron chi connectivity index (χ2n) is 5.92. The number of carbonyl (C=O) groups excluding carboxylic acids is 1. The first-order chi connectivity index (χ1) is 9.45. The highest BCUT2D eigenvalue weighted by atomic mass is 16.5. The lowest BCUT2D eigenvalue weighted by Crippen LogP contribution is -2.37. The fourth-order valence-corrected chi connectivity index (χ4v) is 3.07. The summed E-state index contributed by atoms with van der Waals surface area (Å²) in [5.74, 6) is 0.222. The normalized spacial score (nSPS) is 26.9. The lowest BCUT2D eigenvalue weighted by molar-refractivity contribution is -0.131. The Hall–Kier alpha value is -1.19. The van der Waals surface area contributed by atoms with E-state index in [1.165, 1.54) is 16.7 Å². The fourth-order valence-electron chi connectivity index (χ4n) is 3.07. The van der Waals surface area contributed by atoms with Crippen LogP contribution in [0.3, 0.4) is 0 Å². The second kappa shape index (κ2) is 6.06. The molecule has 2 rings (SSSR count). The summed E-state index contributed by atoms with van der Waals surface area (Å²) in [5.41, 5.74) is 3.61. The molecule has 1 aromatic rings. The maximum absolute atomic E-state index is 11.7. The summed E-state index contributed by atoms with van der Waals surface area (Å²) in [6.45, 7) is 7.82. The van der Waals surface area contributed by atoms with Crippen molar-refractivity contribution in [2.24, 2.45) is 5.92 Å². The van der Waals surface area contributed by atoms with Crippen molar-refractivity contribution >= 4 is 5.78 Å². The molecule has 20 heavy (non-hydrogen) atoms. The van der Waals surface area contributed by atoms with Crippen LogP contribution in [0.1, 0.15) is 55.9 Å². The molecule has 0 aliphatic carbocycles. The highest BCUT2D eigenvalue weighted by molar-refractivity contribution is 5.78. The number of fused-ring (bicyclic) bond motifs is 1. The van der Waals surface area contributed by atoms with E-state index in [2.05, 4.69) is 32.0 Å². The Morgan fingerprint density at radius 1 is 1.40 bits per heavy atom. The average Bonchev–Trinajstić information content (AvgIpc) is 2.41. The van der Waals surface area contributed by atoms with Crippen LogP contribution in [0.15, 0.2) is 18.2 Å². The predicted molar refractivity (Wildman–Crippen MR) is 78.8 cm³/mol. The lowest BCUT2D eigenvalue weighted by Gasteiger charge is -2.39. The monoisotopic (exact) mass is 276 g/mol. The molecule has 0 fully saturated rings. The van der Waals surface area contributed by atoms with Crippen LogP contribution < -0.4 is 0 Å². The Kier molecular flexibility index (Phi) is 4.61. The molecule has 1 N–H and O–H groups in total. The van der Waals surface area contributed by atoms with Crippen molar-refractivity contribution in [3.05, 3.63) is 34.9 Å². The molecule has 0 spiro atoms. The molecular formula is C17H24O3. The molecule has 0 radical (unpaired) electrons. The SMILES string of the molecule is CC(=O)[C@H](C)[C@@H]1O[C@H](CCO)c2cc(C)ccc2[C@@H]1C. The molecule has 0 unspecified atom stereocenters. The first-order valence-corrected chi connectivity index (χ1v) is 7.33. The summed E-state index contributed by atoms with van der Waals surface area (Å²) in [4.78, 5) is 11.7. The van der Waals surface area contributed by atoms with Crippen molar-refractivity contribution in [2.75, 3.05) is 6.61 Å². The molecule has 1 aliphatic rings. The lowest BCUT2D eigenvalue weighted by atomic mass is 9.79. The fraction of sp³-hybridized carbons (Fsp3) is 0.588. The van der Waals surface area contributed by atoms with E-state index in [1.807, 2.05) is 6.92 Å². The van der Waals surface area contributed by atoms with Gasteiger partial charge in [-0.2, -0.15) is 0 Å². The van der Waals surface area contributed by atoms with Gasteiger partial charge in [0.2, 0.25) is 0 Å². The molecule has 110 valence electrons. The average molecular weight is 276 g/mol. The minimum absolute atomic E-state index is 0.0909. The smallest absolute Gasteiger partial charge is 0.135 e. The van der Waals surface area contributed by atoms with E-state index in [0.29, 0.717) is 6.42 Å². The number of hydrogen-bond acceptors (Lipinski definition) is 3. The number of aliphatic hydroxyl groups is 1. The van der Waals surface area contributed by atoms with E-state index in [9.17, 15) is 9.90 Å². The first-order valence-electron chi connectivity index (χ1n) is 7.33. The molecule has 0 bridgehead atoms. The van der Waals surface area contributed by atoms with E-state index >= 15 is 0 Å². The molecule has 0 amide bonds. The Labute approximate surface area is 121 Å². The summed E-state index contributed by atoms with van der Waals surface area (Å²) >= 11 is 0. The van der Waals surface area contributed by atoms with Gasteiger partial charge in [0, 0.05) is 24.9 Å². The van der Waals surface area contributed by atoms with Crippen LogP contribution in [-0.4, -0.2) is 23.6 Å². The van der Waals surface area contributed by atoms with Gasteiger partial charge in [-0.3, -0.25) is 4.79 Å². The predicted octanol–water partition coefficient (Wildman–Crippen LogP) is 3.15. The van der Waals surface area contributed by atoms with Crippen molar-refractivity contribution in [1.82, 2.24) is 0 Å². The van der Waals surface area contributed by atoms with Crippen LogP contribution >= 0.6 is 0 Å². The largest absolute Gasteiger partial charge is 0.396 e. The van der Waals surface area contributed by atoms with Gasteiger partial charge >= 0.3 is 0 Å². The number of Topliss-reactive ketones (excluding diaryl/α,β-unsaturated/α-hetero) is 1. The third-order valence-electron chi connectivity index (χ3n) is 4.42. The van der Waals surface area contributed by atoms with Crippen molar-refractivity contribution in [2.45, 2.75) is 52.2 Å². The van der Waals surface area contributed by atoms with Crippen LogP contribution in [0.5, 0.6) is 0 Å². The molecule has 3 nitrogen and oxygen atoms in total. The molecular weight excluding hydrogens is 252 g/mol. The quantitative estimate of drug-likeness (QED) is 0.919. The van der Waals surface area contributed by atoms with Gasteiger partial charge in [0.1, 0.15) is 5.78 Å². The van der Waals surface area contributed by atoms with Crippen LogP contribution in [0.2, 0.25) is 0 Å². The highest BCUT2D eigenvalue weighted by Crippen LogP contribution is 2.42. The van der Waals surface area contributed by atoms with E-state index in [-0.39, 0.29) is 36.4 Å². The molecule has 0 saturated heterocycles. The van der Waals surface area contributed by atoms with Crippen LogP contribution in [0.4, 0.5) is 0 Å². The van der Waals surface area contributed by atoms with Crippen LogP contribution in [0, 0.1) is 12.8 Å². The Bertz CT molecular complexity index is 495. The highest BCUT2D eigenvalue weighted by Gasteiger charge is 2.37. The summed E-state index contributed by atoms with van der Waals surface area (Å²) in [6, 6.07) is 6.38. The Balaban J connectivity index is 2.40. The van der Waals surface area contributed by atoms with E-state index in [0.717, 1.165) is 0 Å². The van der Waals surface area contributed by atoms with Gasteiger partial charge in [0.25, 0.3) is 0 Å². The van der Waals surface area contributed by atoms with Gasteiger partial charge < -0.3 is 9.84 Å². The number of ketones is 1. The standard InChI is InChI=1S/C17H24O3/c1-10-5-6-14-12(3)17(11(2)13(4)19)20-16(7-8-18)15(14)9-10/h5-6,9,11-12,16-18H,7-8H2,1-4H3/t11-,12-,16+,17-/m0/s1. The second-order valence-corrected chi connectivity index (χ2v) is 5.92. The Morgan fingerprint density at radius 3 is 2.70 bits per heavy atom. The molecule has 1 heterocycles. The van der Waals surface area contributed by atoms with E-state index in [1.54, 1.807) is 6.92 Å². The number of ether oxygens (including phenoxy) is 1. The first kappa shape index (κ1) is 15.2. The summed E-state index contributed by atoms with van der Waals surface area (Å²) in [5, 5.41) is 9.27. The van der Waals surface area contributed by atoms with Gasteiger partial charge in [0.15, 0.2) is 0 Å². The zero-order valence-corrected chi connectivity index (χ0v) is 12.7. The third-order valence-corrected chi connectivity index (χ3v) is 4.42. The third kappa shape index (κ3) is 2.79. The number of rotatable bonds is 4. The van der Waals surface area contributed by atoms with E-state index in [4.69, 9.17) is 4.74 Å². The number of aliphatic hydroxyl groups excluding tert-OH is 1. The molecule has 4 atom stereocenters. The minimum atomic E-state index is -0.124. The van der Waals surface area contributed by atoms with E-state index < -0.39 is 0 Å². The number of benzene rings is 1. The molecule has 0 aromatic heterocycles. The van der Waals surface area contributed by atoms with Gasteiger partial charge in [-0.1, -0.05) is 37.6 Å². The van der Waals surface area contributed by atoms with Crippen molar-refractivity contribution in [3.8, 4) is 0 Å². The molecule has 1 aliphatic heterocycles. The summed E-state index contributed by atoms with van der Waals surface area (Å²) in [6.07, 6.45) is 0.349. The number of hydrogen-bond donors (Lipinski definition) is 1. The van der Waals surface area contributed by atoms with Gasteiger partial charge in [-0.25, -0.2) is 0 Å². The molecule has 0 saturated carbocycles. The minimum Gasteiger partial charge on any atom is -0.396 e. The van der Waals surface area contributed by atoms with Gasteiger partial charge in [-0.05, 0) is 25.0 Å². The topological polar surface area (TPSA) is 46.5 Å². The zero-order chi connectivity index (χ0) is 14.9. The van der Waals surface area contributed by atoms with Crippen molar-refractivity contribution in [3.63, 3.8) is 0 Å². The maximum atomic E-state index is 11.7. The zero-order valence-electron chi connectivity index (χ0n) is 12.7. The summed E-state index contributed by atoms with van der Waals surface area (Å²) < 4.78 is 6.16. The van der Waals surface area contributed by atoms with Gasteiger partial charge in [0.05, 0.1) is 12.2 Å². The number of aryl methyl sites for hydroxylation is 1. The Morgan fingerprint density at radius 2 is 2.10 bits per heavy atom. The maximum Gasteiger partial charge on any atom is 0.135 e. The van der Waals surface area contributed by atoms with Crippen molar-refractivity contribution < 1.29 is 14.6 Å². The van der Waals surface area contributed by atoms with Crippen LogP contribution in [-0.2, 0) is 9.53 Å². The molecule has 1 aromatic carbocycles.